The number of hydrogen-bond acceptors (Lipinski definition) is 2. The minimum absolute atomic E-state index is 0.111. The predicted octanol–water partition coefficient (Wildman–Crippen LogP) is 3.93. The van der Waals surface area contributed by atoms with Gasteiger partial charge in [-0.25, -0.2) is 0 Å². The highest BCUT2D eigenvalue weighted by Crippen LogP contribution is 2.23. The van der Waals surface area contributed by atoms with Gasteiger partial charge in [-0.1, -0.05) is 36.4 Å². The molecule has 0 saturated heterocycles. The van der Waals surface area contributed by atoms with E-state index in [4.69, 9.17) is 10.00 Å². The zero-order valence-electron chi connectivity index (χ0n) is 10.6. The maximum Gasteiger partial charge on any atom is 0.0991 e. The molecule has 2 aromatic rings. The van der Waals surface area contributed by atoms with Crippen molar-refractivity contribution in [2.45, 2.75) is 13.0 Å². The first-order chi connectivity index (χ1) is 8.74. The third kappa shape index (κ3) is 2.58. The Morgan fingerprint density at radius 3 is 1.89 bits per heavy atom. The van der Waals surface area contributed by atoms with Crippen molar-refractivity contribution in [1.82, 2.24) is 0 Å². The lowest BCUT2D eigenvalue weighted by atomic mass is 10.0. The van der Waals surface area contributed by atoms with E-state index in [-0.39, 0.29) is 6.10 Å². The summed E-state index contributed by atoms with van der Waals surface area (Å²) in [4.78, 5) is 0. The molecule has 0 N–H and O–H groups in total. The fourth-order valence-corrected chi connectivity index (χ4v) is 1.82. The van der Waals surface area contributed by atoms with Crippen molar-refractivity contribution in [3.63, 3.8) is 0 Å². The van der Waals surface area contributed by atoms with Crippen LogP contribution in [-0.2, 0) is 4.74 Å². The fourth-order valence-electron chi connectivity index (χ4n) is 1.82. The zero-order valence-corrected chi connectivity index (χ0v) is 10.6. The van der Waals surface area contributed by atoms with Gasteiger partial charge in [0, 0.05) is 7.11 Å². The first-order valence-corrected chi connectivity index (χ1v) is 5.88. The lowest BCUT2D eigenvalue weighted by Crippen LogP contribution is -1.94. The van der Waals surface area contributed by atoms with Crippen molar-refractivity contribution in [1.29, 1.82) is 5.26 Å². The summed E-state index contributed by atoms with van der Waals surface area (Å²) in [6, 6.07) is 18.0. The van der Waals surface area contributed by atoms with E-state index in [0.717, 1.165) is 16.7 Å². The van der Waals surface area contributed by atoms with Crippen LogP contribution in [0.3, 0.4) is 0 Å². The second-order valence-electron chi connectivity index (χ2n) is 4.19. The van der Waals surface area contributed by atoms with E-state index in [1.807, 2.05) is 31.2 Å². The first-order valence-electron chi connectivity index (χ1n) is 5.88. The summed E-state index contributed by atoms with van der Waals surface area (Å²) in [5.41, 5.74) is 4.11. The number of ether oxygens (including phenoxy) is 1. The summed E-state index contributed by atoms with van der Waals surface area (Å²) in [5, 5.41) is 8.76. The first kappa shape index (κ1) is 12.3. The van der Waals surface area contributed by atoms with Crippen LogP contribution in [0.25, 0.3) is 11.1 Å². The van der Waals surface area contributed by atoms with Crippen LogP contribution in [0.2, 0.25) is 0 Å². The second-order valence-corrected chi connectivity index (χ2v) is 4.19. The quantitative estimate of drug-likeness (QED) is 0.810. The Bertz CT molecular complexity index is 549. The van der Waals surface area contributed by atoms with E-state index < -0.39 is 0 Å². The van der Waals surface area contributed by atoms with Crippen LogP contribution in [0.5, 0.6) is 0 Å². The van der Waals surface area contributed by atoms with Gasteiger partial charge in [-0.15, -0.1) is 0 Å². The third-order valence-corrected chi connectivity index (χ3v) is 3.08. The van der Waals surface area contributed by atoms with E-state index in [1.165, 1.54) is 0 Å². The number of nitriles is 1. The van der Waals surface area contributed by atoms with Gasteiger partial charge in [-0.05, 0) is 35.7 Å². The van der Waals surface area contributed by atoms with Gasteiger partial charge in [0.1, 0.15) is 0 Å². The van der Waals surface area contributed by atoms with Crippen molar-refractivity contribution in [2.24, 2.45) is 0 Å². The molecule has 0 spiro atoms. The van der Waals surface area contributed by atoms with Gasteiger partial charge in [0.05, 0.1) is 17.7 Å². The van der Waals surface area contributed by atoms with Crippen molar-refractivity contribution >= 4 is 0 Å². The number of rotatable bonds is 3. The molecule has 1 atom stereocenters. The third-order valence-electron chi connectivity index (χ3n) is 3.08. The molecule has 0 aliphatic carbocycles. The van der Waals surface area contributed by atoms with Crippen molar-refractivity contribution < 1.29 is 4.74 Å². The van der Waals surface area contributed by atoms with Gasteiger partial charge in [-0.2, -0.15) is 5.26 Å². The molecule has 0 bridgehead atoms. The minimum Gasteiger partial charge on any atom is -0.377 e. The Kier molecular flexibility index (Phi) is 3.76. The maximum atomic E-state index is 8.76. The molecule has 0 aliphatic heterocycles. The highest BCUT2D eigenvalue weighted by Gasteiger charge is 2.04. The standard InChI is InChI=1S/C16H15NO/c1-12(18-2)14-7-9-16(10-8-14)15-5-3-13(11-17)4-6-15/h3-10,12H,1-2H3. The number of benzene rings is 2. The highest BCUT2D eigenvalue weighted by atomic mass is 16.5. The number of hydrogen-bond donors (Lipinski definition) is 0. The summed E-state index contributed by atoms with van der Waals surface area (Å²) >= 11 is 0. The van der Waals surface area contributed by atoms with Crippen LogP contribution in [-0.4, -0.2) is 7.11 Å². The van der Waals surface area contributed by atoms with Crippen molar-refractivity contribution in [2.75, 3.05) is 7.11 Å². The lowest BCUT2D eigenvalue weighted by Gasteiger charge is -2.10. The molecule has 90 valence electrons. The molecule has 0 saturated carbocycles. The summed E-state index contributed by atoms with van der Waals surface area (Å²) in [6.45, 7) is 2.02. The molecule has 0 aliphatic rings. The van der Waals surface area contributed by atoms with Crippen LogP contribution >= 0.6 is 0 Å². The monoisotopic (exact) mass is 237 g/mol. The smallest absolute Gasteiger partial charge is 0.0991 e. The molecule has 0 aromatic heterocycles. The Morgan fingerprint density at radius 2 is 1.44 bits per heavy atom. The van der Waals surface area contributed by atoms with Gasteiger partial charge in [0.2, 0.25) is 0 Å². The predicted molar refractivity (Wildman–Crippen MR) is 72.0 cm³/mol. The zero-order chi connectivity index (χ0) is 13.0. The van der Waals surface area contributed by atoms with Gasteiger partial charge >= 0.3 is 0 Å². The fraction of sp³-hybridized carbons (Fsp3) is 0.188. The molecule has 2 heteroatoms. The Labute approximate surface area is 107 Å². The van der Waals surface area contributed by atoms with E-state index in [2.05, 4.69) is 30.3 Å². The molecule has 2 nitrogen and oxygen atoms in total. The largest absolute Gasteiger partial charge is 0.377 e. The van der Waals surface area contributed by atoms with Gasteiger partial charge in [-0.3, -0.25) is 0 Å². The minimum atomic E-state index is 0.111. The van der Waals surface area contributed by atoms with Gasteiger partial charge < -0.3 is 4.74 Å². The summed E-state index contributed by atoms with van der Waals surface area (Å²) in [5.74, 6) is 0. The molecule has 1 unspecified atom stereocenters. The summed E-state index contributed by atoms with van der Waals surface area (Å²) < 4.78 is 5.28. The van der Waals surface area contributed by atoms with Gasteiger partial charge in [0.25, 0.3) is 0 Å². The summed E-state index contributed by atoms with van der Waals surface area (Å²) in [6.07, 6.45) is 0.111. The normalized spacial score (nSPS) is 11.8. The molecule has 2 rings (SSSR count). The lowest BCUT2D eigenvalue weighted by molar-refractivity contribution is 0.119. The average molecular weight is 237 g/mol. The Morgan fingerprint density at radius 1 is 0.944 bits per heavy atom. The van der Waals surface area contributed by atoms with Crippen LogP contribution in [0.4, 0.5) is 0 Å². The van der Waals surface area contributed by atoms with Crippen LogP contribution in [0, 0.1) is 11.3 Å². The molecular weight excluding hydrogens is 222 g/mol. The molecule has 0 fully saturated rings. The maximum absolute atomic E-state index is 8.76. The summed E-state index contributed by atoms with van der Waals surface area (Å²) in [7, 11) is 1.71. The Hall–Kier alpha value is -2.11. The van der Waals surface area contributed by atoms with Crippen molar-refractivity contribution in [3.05, 3.63) is 59.7 Å². The Balaban J connectivity index is 2.26. The van der Waals surface area contributed by atoms with Crippen LogP contribution < -0.4 is 0 Å². The second kappa shape index (κ2) is 5.48. The molecule has 2 aromatic carbocycles. The highest BCUT2D eigenvalue weighted by molar-refractivity contribution is 5.64. The molecule has 0 amide bonds. The van der Waals surface area contributed by atoms with E-state index in [0.29, 0.717) is 5.56 Å². The molecule has 18 heavy (non-hydrogen) atoms. The number of methoxy groups -OCH3 is 1. The van der Waals surface area contributed by atoms with Crippen LogP contribution in [0.1, 0.15) is 24.2 Å². The van der Waals surface area contributed by atoms with Crippen molar-refractivity contribution in [3.8, 4) is 17.2 Å². The van der Waals surface area contributed by atoms with E-state index in [9.17, 15) is 0 Å². The molecular formula is C16H15NO. The van der Waals surface area contributed by atoms with Gasteiger partial charge in [0.15, 0.2) is 0 Å². The SMILES string of the molecule is COC(C)c1ccc(-c2ccc(C#N)cc2)cc1. The molecule has 0 heterocycles. The topological polar surface area (TPSA) is 33.0 Å². The number of nitrogens with zero attached hydrogens (tertiary/aromatic N) is 1. The van der Waals surface area contributed by atoms with E-state index in [1.54, 1.807) is 7.11 Å². The van der Waals surface area contributed by atoms with Crippen LogP contribution in [0.15, 0.2) is 48.5 Å². The average Bonchev–Trinajstić information content (AvgIpc) is 2.47. The molecule has 0 radical (unpaired) electrons. The van der Waals surface area contributed by atoms with E-state index >= 15 is 0 Å².